The number of carbonyl (C=O) groups is 1. The third-order valence-corrected chi connectivity index (χ3v) is 3.16. The molecule has 7 N–H and O–H groups in total. The Balaban J connectivity index is 3.13. The van der Waals surface area contributed by atoms with Crippen LogP contribution in [0.5, 0.6) is 0 Å². The molecule has 0 aromatic heterocycles. The predicted octanol–water partition coefficient (Wildman–Crippen LogP) is -3.48. The van der Waals surface area contributed by atoms with Crippen molar-refractivity contribution in [3.05, 3.63) is 11.5 Å². The first-order chi connectivity index (χ1) is 10.3. The summed E-state index contributed by atoms with van der Waals surface area (Å²) < 4.78 is 9.88. The van der Waals surface area contributed by atoms with Crippen LogP contribution >= 0.6 is 0 Å². The second kappa shape index (κ2) is 7.72. The van der Waals surface area contributed by atoms with Crippen LogP contribution in [-0.2, 0) is 14.3 Å². The largest absolute Gasteiger partial charge is 0.499 e. The Labute approximate surface area is 125 Å². The first-order valence-corrected chi connectivity index (χ1v) is 6.49. The molecule has 22 heavy (non-hydrogen) atoms. The van der Waals surface area contributed by atoms with Crippen LogP contribution in [-0.4, -0.2) is 92.1 Å². The summed E-state index contributed by atoms with van der Waals surface area (Å²) in [5.74, 6) is -2.85. The fourth-order valence-corrected chi connectivity index (χ4v) is 2.03. The monoisotopic (exact) mass is 324 g/mol. The minimum Gasteiger partial charge on any atom is -0.499 e. The average Bonchev–Trinajstić information content (AvgIpc) is 2.75. The molecule has 0 aromatic rings. The Morgan fingerprint density at radius 1 is 1.05 bits per heavy atom. The topological polar surface area (TPSA) is 177 Å². The van der Waals surface area contributed by atoms with Crippen LogP contribution in [0.3, 0.4) is 0 Å². The molecule has 10 heteroatoms. The highest BCUT2D eigenvalue weighted by Gasteiger charge is 2.56. The van der Waals surface area contributed by atoms with E-state index in [1.165, 1.54) is 0 Å². The maximum absolute atomic E-state index is 11.5. The van der Waals surface area contributed by atoms with Crippen molar-refractivity contribution in [2.45, 2.75) is 30.3 Å². The minimum atomic E-state index is -2.12. The lowest BCUT2D eigenvalue weighted by molar-refractivity contribution is -0.172. The van der Waals surface area contributed by atoms with Crippen LogP contribution in [0.15, 0.2) is 11.5 Å². The zero-order valence-electron chi connectivity index (χ0n) is 11.6. The molecular weight excluding hydrogens is 304 g/mol. The molecule has 0 spiro atoms. The first-order valence-electron chi connectivity index (χ1n) is 6.49. The van der Waals surface area contributed by atoms with Gasteiger partial charge in [0.05, 0.1) is 25.9 Å². The van der Waals surface area contributed by atoms with Crippen LogP contribution in [0.1, 0.15) is 6.42 Å². The normalized spacial score (nSPS) is 25.8. The van der Waals surface area contributed by atoms with Gasteiger partial charge in [-0.2, -0.15) is 0 Å². The maximum Gasteiger partial charge on any atom is 0.378 e. The van der Waals surface area contributed by atoms with Crippen LogP contribution in [0.4, 0.5) is 0 Å². The molecular formula is C12H20O10. The molecule has 1 heterocycles. The lowest BCUT2D eigenvalue weighted by atomic mass is 9.88. The Hall–Kier alpha value is -1.43. The minimum absolute atomic E-state index is 0.540. The van der Waals surface area contributed by atoms with Crippen molar-refractivity contribution in [2.75, 3.05) is 26.4 Å². The molecule has 0 saturated heterocycles. The number of hydrogen-bond donors (Lipinski definition) is 7. The number of ether oxygens (including phenoxy) is 2. The molecule has 0 bridgehead atoms. The standard InChI is InChI=1S/C12H20O10/c13-2-6(16)1-12(8(18)4-15)10(9(19)11(20)22-12)21-5-7(17)3-14/h6-8,13-19H,1-5H2/t6?,7?,8-,12+/m0/s1. The fraction of sp³-hybridized carbons (Fsp3) is 0.750. The van der Waals surface area contributed by atoms with E-state index in [1.807, 2.05) is 0 Å². The summed E-state index contributed by atoms with van der Waals surface area (Å²) in [4.78, 5) is 11.5. The van der Waals surface area contributed by atoms with E-state index in [4.69, 9.17) is 24.8 Å². The lowest BCUT2D eigenvalue weighted by Crippen LogP contribution is -2.50. The van der Waals surface area contributed by atoms with Crippen LogP contribution < -0.4 is 0 Å². The zero-order chi connectivity index (χ0) is 16.9. The first kappa shape index (κ1) is 18.6. The van der Waals surface area contributed by atoms with Gasteiger partial charge in [-0.1, -0.05) is 0 Å². The number of hydrogen-bond acceptors (Lipinski definition) is 10. The van der Waals surface area contributed by atoms with E-state index >= 15 is 0 Å². The van der Waals surface area contributed by atoms with Crippen LogP contribution in [0.25, 0.3) is 0 Å². The van der Waals surface area contributed by atoms with Gasteiger partial charge in [-0.3, -0.25) is 0 Å². The zero-order valence-corrected chi connectivity index (χ0v) is 11.6. The summed E-state index contributed by atoms with van der Waals surface area (Å²) in [6.45, 7) is -2.82. The molecule has 1 aliphatic rings. The summed E-state index contributed by atoms with van der Waals surface area (Å²) in [6, 6.07) is 0. The van der Waals surface area contributed by atoms with E-state index in [0.717, 1.165) is 0 Å². The highest BCUT2D eigenvalue weighted by molar-refractivity contribution is 5.90. The van der Waals surface area contributed by atoms with Crippen molar-refractivity contribution in [2.24, 2.45) is 0 Å². The van der Waals surface area contributed by atoms with E-state index in [9.17, 15) is 25.2 Å². The van der Waals surface area contributed by atoms with Gasteiger partial charge in [0, 0.05) is 6.42 Å². The summed E-state index contributed by atoms with van der Waals surface area (Å²) in [6.07, 6.45) is -5.10. The van der Waals surface area contributed by atoms with Gasteiger partial charge >= 0.3 is 5.97 Å². The van der Waals surface area contributed by atoms with Gasteiger partial charge in [0.1, 0.15) is 18.8 Å². The number of rotatable bonds is 9. The fourth-order valence-electron chi connectivity index (χ4n) is 2.03. The Bertz CT molecular complexity index is 422. The summed E-state index contributed by atoms with van der Waals surface area (Å²) >= 11 is 0. The van der Waals surface area contributed by atoms with Crippen molar-refractivity contribution >= 4 is 5.97 Å². The second-order valence-electron chi connectivity index (χ2n) is 4.84. The molecule has 0 fully saturated rings. The van der Waals surface area contributed by atoms with Crippen molar-refractivity contribution in [3.8, 4) is 0 Å². The van der Waals surface area contributed by atoms with Crippen LogP contribution in [0.2, 0.25) is 0 Å². The molecule has 0 radical (unpaired) electrons. The van der Waals surface area contributed by atoms with Gasteiger partial charge in [-0.25, -0.2) is 4.79 Å². The van der Waals surface area contributed by atoms with Gasteiger partial charge in [0.25, 0.3) is 0 Å². The van der Waals surface area contributed by atoms with Gasteiger partial charge in [-0.05, 0) is 0 Å². The van der Waals surface area contributed by atoms with E-state index in [-0.39, 0.29) is 0 Å². The molecule has 1 rings (SSSR count). The quantitative estimate of drug-likeness (QED) is 0.211. The highest BCUT2D eigenvalue weighted by Crippen LogP contribution is 2.39. The molecule has 0 amide bonds. The third kappa shape index (κ3) is 3.66. The molecule has 2 unspecified atom stereocenters. The van der Waals surface area contributed by atoms with Crippen LogP contribution in [0, 0.1) is 0 Å². The molecule has 0 aliphatic carbocycles. The number of aliphatic hydroxyl groups is 7. The molecule has 128 valence electrons. The van der Waals surface area contributed by atoms with E-state index in [2.05, 4.69) is 0 Å². The van der Waals surface area contributed by atoms with E-state index in [1.54, 1.807) is 0 Å². The summed E-state index contributed by atoms with van der Waals surface area (Å²) in [5.41, 5.74) is -2.12. The number of esters is 1. The number of aliphatic hydroxyl groups excluding tert-OH is 7. The highest BCUT2D eigenvalue weighted by atomic mass is 16.6. The summed E-state index contributed by atoms with van der Waals surface area (Å²) in [5, 5.41) is 65.2. The lowest BCUT2D eigenvalue weighted by Gasteiger charge is -2.34. The van der Waals surface area contributed by atoms with E-state index in [0.29, 0.717) is 0 Å². The number of cyclic esters (lactones) is 1. The molecule has 1 aliphatic heterocycles. The Morgan fingerprint density at radius 3 is 2.14 bits per heavy atom. The smallest absolute Gasteiger partial charge is 0.378 e. The van der Waals surface area contributed by atoms with Crippen molar-refractivity contribution in [1.82, 2.24) is 0 Å². The van der Waals surface area contributed by atoms with Crippen molar-refractivity contribution in [3.63, 3.8) is 0 Å². The molecule has 4 atom stereocenters. The maximum atomic E-state index is 11.5. The molecule has 10 nitrogen and oxygen atoms in total. The Kier molecular flexibility index (Phi) is 6.53. The third-order valence-electron chi connectivity index (χ3n) is 3.16. The number of carbonyl (C=O) groups excluding carboxylic acids is 1. The second-order valence-corrected chi connectivity index (χ2v) is 4.84. The van der Waals surface area contributed by atoms with Crippen molar-refractivity contribution < 1.29 is 50.0 Å². The van der Waals surface area contributed by atoms with E-state index < -0.39 is 74.2 Å². The summed E-state index contributed by atoms with van der Waals surface area (Å²) in [7, 11) is 0. The van der Waals surface area contributed by atoms with Gasteiger partial charge in [0.15, 0.2) is 5.76 Å². The SMILES string of the molecule is O=C1O[C@](CC(O)CO)([C@@H](O)CO)C(OCC(O)CO)=C1O. The molecule has 0 aromatic carbocycles. The average molecular weight is 324 g/mol. The predicted molar refractivity (Wildman–Crippen MR) is 68.3 cm³/mol. The molecule has 0 saturated carbocycles. The van der Waals surface area contributed by atoms with Gasteiger partial charge < -0.3 is 45.2 Å². The van der Waals surface area contributed by atoms with Crippen molar-refractivity contribution in [1.29, 1.82) is 0 Å². The van der Waals surface area contributed by atoms with Gasteiger partial charge in [0.2, 0.25) is 11.4 Å². The van der Waals surface area contributed by atoms with Gasteiger partial charge in [-0.15, -0.1) is 0 Å². The Morgan fingerprint density at radius 2 is 1.64 bits per heavy atom.